The van der Waals surface area contributed by atoms with Gasteiger partial charge >= 0.3 is 0 Å². The summed E-state index contributed by atoms with van der Waals surface area (Å²) in [4.78, 5) is 15.8. The van der Waals surface area contributed by atoms with E-state index < -0.39 is 0 Å². The molecule has 0 bridgehead atoms. The number of hydrogen-bond acceptors (Lipinski definition) is 4. The van der Waals surface area contributed by atoms with Gasteiger partial charge in [-0.2, -0.15) is 10.2 Å². The monoisotopic (exact) mass is 483 g/mol. The smallest absolute Gasteiger partial charge is 0.289 e. The summed E-state index contributed by atoms with van der Waals surface area (Å²) >= 11 is 5.91. The van der Waals surface area contributed by atoms with Crippen molar-refractivity contribution in [1.82, 2.24) is 20.6 Å². The molecule has 35 heavy (non-hydrogen) atoms. The van der Waals surface area contributed by atoms with Gasteiger partial charge in [0.1, 0.15) is 18.1 Å². The van der Waals surface area contributed by atoms with E-state index in [1.165, 1.54) is 0 Å². The topological polar surface area (TPSA) is 95.2 Å². The van der Waals surface area contributed by atoms with Gasteiger partial charge in [0.15, 0.2) is 0 Å². The zero-order chi connectivity index (χ0) is 24.2. The normalized spacial score (nSPS) is 11.3. The number of aromatic nitrogens is 3. The Kier molecular flexibility index (Phi) is 6.32. The number of H-pyrrole nitrogens is 2. The number of carbonyl (C=O) groups is 1. The molecule has 5 rings (SSSR count). The summed E-state index contributed by atoms with van der Waals surface area (Å²) < 4.78 is 5.82. The van der Waals surface area contributed by atoms with Crippen molar-refractivity contribution in [2.24, 2.45) is 5.10 Å². The van der Waals surface area contributed by atoms with Gasteiger partial charge in [0.2, 0.25) is 0 Å². The minimum absolute atomic E-state index is 0.316. The maximum absolute atomic E-state index is 12.5. The van der Waals surface area contributed by atoms with Crippen molar-refractivity contribution in [1.29, 1.82) is 0 Å². The molecule has 3 N–H and O–H groups in total. The molecule has 0 aliphatic rings. The zero-order valence-electron chi connectivity index (χ0n) is 18.9. The average Bonchev–Trinajstić information content (AvgIpc) is 3.49. The molecule has 2 heterocycles. The highest BCUT2D eigenvalue weighted by atomic mass is 35.5. The fourth-order valence-corrected chi connectivity index (χ4v) is 3.86. The molecule has 2 aromatic heterocycles. The third-order valence-corrected chi connectivity index (χ3v) is 5.85. The fourth-order valence-electron chi connectivity index (χ4n) is 3.74. The molecule has 8 heteroatoms. The lowest BCUT2D eigenvalue weighted by molar-refractivity contribution is 0.0950. The predicted molar refractivity (Wildman–Crippen MR) is 138 cm³/mol. The highest BCUT2D eigenvalue weighted by Crippen LogP contribution is 2.23. The van der Waals surface area contributed by atoms with Crippen LogP contribution in [0.25, 0.3) is 22.2 Å². The number of aromatic amines is 2. The number of halogens is 1. The van der Waals surface area contributed by atoms with E-state index in [0.717, 1.165) is 39.0 Å². The minimum Gasteiger partial charge on any atom is -0.489 e. The number of para-hydroxylation sites is 1. The van der Waals surface area contributed by atoms with Crippen molar-refractivity contribution >= 4 is 34.6 Å². The Morgan fingerprint density at radius 3 is 2.66 bits per heavy atom. The van der Waals surface area contributed by atoms with Crippen molar-refractivity contribution in [3.8, 4) is 17.0 Å². The highest BCUT2D eigenvalue weighted by molar-refractivity contribution is 6.30. The second kappa shape index (κ2) is 9.87. The van der Waals surface area contributed by atoms with Crippen LogP contribution in [-0.4, -0.2) is 27.3 Å². The third kappa shape index (κ3) is 5.10. The molecule has 3 aromatic carbocycles. The van der Waals surface area contributed by atoms with Crippen LogP contribution < -0.4 is 10.2 Å². The van der Waals surface area contributed by atoms with Crippen LogP contribution in [0, 0.1) is 6.92 Å². The Labute approximate surface area is 206 Å². The molecule has 0 unspecified atom stereocenters. The second-order valence-corrected chi connectivity index (χ2v) is 8.45. The second-order valence-electron chi connectivity index (χ2n) is 8.01. The summed E-state index contributed by atoms with van der Waals surface area (Å²) in [6, 6.07) is 24.7. The van der Waals surface area contributed by atoms with Crippen LogP contribution in [0.3, 0.4) is 0 Å². The van der Waals surface area contributed by atoms with Gasteiger partial charge in [0, 0.05) is 32.7 Å². The van der Waals surface area contributed by atoms with Gasteiger partial charge < -0.3 is 9.72 Å². The molecule has 0 aliphatic heterocycles. The maximum atomic E-state index is 12.5. The van der Waals surface area contributed by atoms with Gasteiger partial charge in [-0.15, -0.1) is 0 Å². The van der Waals surface area contributed by atoms with Crippen molar-refractivity contribution in [2.75, 3.05) is 0 Å². The van der Waals surface area contributed by atoms with Crippen molar-refractivity contribution in [2.45, 2.75) is 13.5 Å². The Morgan fingerprint density at radius 2 is 1.86 bits per heavy atom. The molecule has 7 nitrogen and oxygen atoms in total. The SMILES string of the molecule is Cc1[nH]c2ccccc2c1/C=N/NC(=O)c1cc(-c2ccc(OCc3ccc(Cl)cc3)cc2)n[nH]1. The van der Waals surface area contributed by atoms with Crippen molar-refractivity contribution < 1.29 is 9.53 Å². The molecular formula is C27H22ClN5O2. The quantitative estimate of drug-likeness (QED) is 0.200. The van der Waals surface area contributed by atoms with E-state index in [2.05, 4.69) is 25.7 Å². The first-order valence-electron chi connectivity index (χ1n) is 11.0. The van der Waals surface area contributed by atoms with Crippen LogP contribution in [0.1, 0.15) is 27.3 Å². The number of hydrazone groups is 1. The first kappa shape index (κ1) is 22.4. The van der Waals surface area contributed by atoms with Crippen LogP contribution in [0.5, 0.6) is 5.75 Å². The van der Waals surface area contributed by atoms with Crippen LogP contribution in [0.2, 0.25) is 5.02 Å². The molecule has 0 fully saturated rings. The Bertz CT molecular complexity index is 1500. The van der Waals surface area contributed by atoms with E-state index in [0.29, 0.717) is 23.0 Å². The number of hydrogen-bond donors (Lipinski definition) is 3. The van der Waals surface area contributed by atoms with E-state index in [-0.39, 0.29) is 5.91 Å². The summed E-state index contributed by atoms with van der Waals surface area (Å²) in [5.74, 6) is 0.361. The number of carbonyl (C=O) groups excluding carboxylic acids is 1. The number of rotatable bonds is 7. The van der Waals surface area contributed by atoms with Crippen molar-refractivity contribution in [3.63, 3.8) is 0 Å². The van der Waals surface area contributed by atoms with Gasteiger partial charge in [-0.3, -0.25) is 9.89 Å². The van der Waals surface area contributed by atoms with Gasteiger partial charge in [-0.1, -0.05) is 41.9 Å². The number of nitrogens with zero attached hydrogens (tertiary/aromatic N) is 2. The fraction of sp³-hybridized carbons (Fsp3) is 0.0741. The van der Waals surface area contributed by atoms with Gasteiger partial charge in [-0.25, -0.2) is 5.43 Å². The third-order valence-electron chi connectivity index (χ3n) is 5.59. The van der Waals surface area contributed by atoms with Crippen LogP contribution in [-0.2, 0) is 6.61 Å². The van der Waals surface area contributed by atoms with Gasteiger partial charge in [0.05, 0.1) is 11.9 Å². The Morgan fingerprint density at radius 1 is 1.09 bits per heavy atom. The number of fused-ring (bicyclic) bond motifs is 1. The largest absolute Gasteiger partial charge is 0.489 e. The summed E-state index contributed by atoms with van der Waals surface area (Å²) in [6.07, 6.45) is 1.64. The Hall–Kier alpha value is -4.36. The van der Waals surface area contributed by atoms with Crippen LogP contribution in [0.4, 0.5) is 0 Å². The number of aryl methyl sites for hydroxylation is 1. The maximum Gasteiger partial charge on any atom is 0.289 e. The number of amides is 1. The molecule has 0 atom stereocenters. The zero-order valence-corrected chi connectivity index (χ0v) is 19.6. The summed E-state index contributed by atoms with van der Waals surface area (Å²) in [5.41, 5.74) is 8.35. The van der Waals surface area contributed by atoms with E-state index in [1.54, 1.807) is 12.3 Å². The average molecular weight is 484 g/mol. The van der Waals surface area contributed by atoms with E-state index in [1.807, 2.05) is 79.7 Å². The molecule has 5 aromatic rings. The van der Waals surface area contributed by atoms with E-state index >= 15 is 0 Å². The molecule has 1 amide bonds. The first-order chi connectivity index (χ1) is 17.1. The highest BCUT2D eigenvalue weighted by Gasteiger charge is 2.11. The lowest BCUT2D eigenvalue weighted by Crippen LogP contribution is -2.18. The lowest BCUT2D eigenvalue weighted by Gasteiger charge is -2.07. The lowest BCUT2D eigenvalue weighted by atomic mass is 10.1. The van der Waals surface area contributed by atoms with Gasteiger partial charge in [-0.05, 0) is 61.0 Å². The molecule has 174 valence electrons. The summed E-state index contributed by atoms with van der Waals surface area (Å²) in [5, 5.41) is 12.9. The molecule has 0 spiro atoms. The van der Waals surface area contributed by atoms with E-state index in [9.17, 15) is 4.79 Å². The number of ether oxygens (including phenoxy) is 1. The van der Waals surface area contributed by atoms with Crippen LogP contribution in [0.15, 0.2) is 84.0 Å². The Balaban J connectivity index is 1.20. The molecule has 0 saturated heterocycles. The standard InChI is InChI=1S/C27H22ClN5O2/c1-17-23(22-4-2-3-5-24(22)30-17)15-29-33-27(34)26-14-25(31-32-26)19-8-12-21(13-9-19)35-16-18-6-10-20(28)11-7-18/h2-15,30H,16H2,1H3,(H,31,32)(H,33,34)/b29-15+. The molecule has 0 aliphatic carbocycles. The summed E-state index contributed by atoms with van der Waals surface area (Å²) in [7, 11) is 0. The minimum atomic E-state index is -0.375. The van der Waals surface area contributed by atoms with Gasteiger partial charge in [0.25, 0.3) is 5.91 Å². The summed E-state index contributed by atoms with van der Waals surface area (Å²) in [6.45, 7) is 2.42. The molecule has 0 radical (unpaired) electrons. The number of nitrogens with one attached hydrogen (secondary N) is 3. The van der Waals surface area contributed by atoms with E-state index in [4.69, 9.17) is 16.3 Å². The predicted octanol–water partition coefficient (Wildman–Crippen LogP) is 5.86. The van der Waals surface area contributed by atoms with Crippen molar-refractivity contribution in [3.05, 3.63) is 106 Å². The number of benzene rings is 3. The first-order valence-corrected chi connectivity index (χ1v) is 11.4. The molecular weight excluding hydrogens is 462 g/mol. The van der Waals surface area contributed by atoms with Crippen LogP contribution >= 0.6 is 11.6 Å². The molecule has 0 saturated carbocycles.